The van der Waals surface area contributed by atoms with Gasteiger partial charge in [0, 0.05) is 12.6 Å². The zero-order valence-electron chi connectivity index (χ0n) is 11.6. The molecule has 1 amide bonds. The lowest BCUT2D eigenvalue weighted by Gasteiger charge is -2.27. The van der Waals surface area contributed by atoms with Gasteiger partial charge in [-0.15, -0.1) is 0 Å². The quantitative estimate of drug-likeness (QED) is 0.727. The van der Waals surface area contributed by atoms with E-state index in [4.69, 9.17) is 4.74 Å². The molecule has 100 valence electrons. The van der Waals surface area contributed by atoms with Crippen LogP contribution in [0.15, 0.2) is 0 Å². The van der Waals surface area contributed by atoms with Crippen molar-refractivity contribution in [1.29, 1.82) is 0 Å². The predicted octanol–water partition coefficient (Wildman–Crippen LogP) is 2.39. The zero-order chi connectivity index (χ0) is 12.9. The Kier molecular flexibility index (Phi) is 5.25. The summed E-state index contributed by atoms with van der Waals surface area (Å²) < 4.78 is 5.42. The van der Waals surface area contributed by atoms with E-state index < -0.39 is 5.60 Å². The van der Waals surface area contributed by atoms with Gasteiger partial charge in [-0.3, -0.25) is 0 Å². The first-order chi connectivity index (χ1) is 7.94. The molecule has 0 unspecified atom stereocenters. The van der Waals surface area contributed by atoms with E-state index in [9.17, 15) is 4.79 Å². The first-order valence-corrected chi connectivity index (χ1v) is 6.64. The van der Waals surface area contributed by atoms with Gasteiger partial charge in [0.15, 0.2) is 0 Å². The zero-order valence-corrected chi connectivity index (χ0v) is 11.6. The van der Waals surface area contributed by atoms with Crippen molar-refractivity contribution in [3.05, 3.63) is 0 Å². The summed E-state index contributed by atoms with van der Waals surface area (Å²) >= 11 is 0. The van der Waals surface area contributed by atoms with E-state index in [1.165, 1.54) is 0 Å². The molecule has 4 heteroatoms. The number of hydrogen-bond acceptors (Lipinski definition) is 3. The number of amides is 1. The lowest BCUT2D eigenvalue weighted by Crippen LogP contribution is -2.39. The largest absolute Gasteiger partial charge is 0.444 e. The van der Waals surface area contributed by atoms with Crippen LogP contribution in [0.1, 0.15) is 47.0 Å². The highest BCUT2D eigenvalue weighted by Crippen LogP contribution is 2.28. The molecule has 4 nitrogen and oxygen atoms in total. The minimum atomic E-state index is -0.397. The molecule has 0 spiro atoms. The number of nitrogens with one attached hydrogen (secondary N) is 1. The maximum atomic E-state index is 12.0. The third-order valence-corrected chi connectivity index (χ3v) is 2.62. The molecule has 0 aromatic rings. The minimum Gasteiger partial charge on any atom is -0.444 e. The van der Waals surface area contributed by atoms with Crippen LogP contribution in [-0.2, 0) is 4.74 Å². The molecular weight excluding hydrogens is 216 g/mol. The van der Waals surface area contributed by atoms with Crippen molar-refractivity contribution in [2.45, 2.75) is 58.6 Å². The molecular formula is C13H26N2O2. The standard InChI is InChI=1S/C13H26N2O2/c1-5-14-9-6-10-15(11-7-8-11)12(16)17-13(2,3)4/h11,14H,5-10H2,1-4H3. The van der Waals surface area contributed by atoms with Gasteiger partial charge >= 0.3 is 6.09 Å². The van der Waals surface area contributed by atoms with Crippen LogP contribution >= 0.6 is 0 Å². The average Bonchev–Trinajstić information content (AvgIpc) is 2.98. The molecule has 1 rings (SSSR count). The number of ether oxygens (including phenoxy) is 1. The molecule has 17 heavy (non-hydrogen) atoms. The number of hydrogen-bond donors (Lipinski definition) is 1. The van der Waals surface area contributed by atoms with Crippen molar-refractivity contribution >= 4 is 6.09 Å². The fourth-order valence-corrected chi connectivity index (χ4v) is 1.68. The Balaban J connectivity index is 2.34. The van der Waals surface area contributed by atoms with E-state index in [0.29, 0.717) is 6.04 Å². The number of rotatable bonds is 6. The molecule has 0 atom stereocenters. The molecule has 0 aromatic heterocycles. The van der Waals surface area contributed by atoms with Crippen molar-refractivity contribution in [3.63, 3.8) is 0 Å². The van der Waals surface area contributed by atoms with Crippen molar-refractivity contribution in [2.24, 2.45) is 0 Å². The SMILES string of the molecule is CCNCCCN(C(=O)OC(C)(C)C)C1CC1. The Morgan fingerprint density at radius 3 is 2.53 bits per heavy atom. The number of nitrogens with zero attached hydrogens (tertiary/aromatic N) is 1. The van der Waals surface area contributed by atoms with E-state index in [1.54, 1.807) is 0 Å². The second kappa shape index (κ2) is 6.24. The molecule has 0 saturated heterocycles. The Bertz CT molecular complexity index is 244. The summed E-state index contributed by atoms with van der Waals surface area (Å²) in [5.41, 5.74) is -0.397. The van der Waals surface area contributed by atoms with Crippen LogP contribution in [0.3, 0.4) is 0 Å². The first kappa shape index (κ1) is 14.3. The summed E-state index contributed by atoms with van der Waals surface area (Å²) in [4.78, 5) is 13.9. The Hall–Kier alpha value is -0.770. The van der Waals surface area contributed by atoms with Crippen LogP contribution in [0.4, 0.5) is 4.79 Å². The maximum Gasteiger partial charge on any atom is 0.410 e. The van der Waals surface area contributed by atoms with Gasteiger partial charge in [-0.2, -0.15) is 0 Å². The van der Waals surface area contributed by atoms with Gasteiger partial charge in [-0.25, -0.2) is 4.79 Å². The Labute approximate surface area is 105 Å². The van der Waals surface area contributed by atoms with Crippen LogP contribution in [0.2, 0.25) is 0 Å². The average molecular weight is 242 g/mol. The summed E-state index contributed by atoms with van der Waals surface area (Å²) in [5, 5.41) is 3.27. The van der Waals surface area contributed by atoms with E-state index in [1.807, 2.05) is 25.7 Å². The number of carbonyl (C=O) groups is 1. The van der Waals surface area contributed by atoms with Gasteiger partial charge < -0.3 is 15.0 Å². The summed E-state index contributed by atoms with van der Waals surface area (Å²) in [6.07, 6.45) is 3.08. The van der Waals surface area contributed by atoms with Crippen molar-refractivity contribution in [2.75, 3.05) is 19.6 Å². The van der Waals surface area contributed by atoms with Gasteiger partial charge in [0.1, 0.15) is 5.60 Å². The molecule has 1 fully saturated rings. The smallest absolute Gasteiger partial charge is 0.410 e. The Morgan fingerprint density at radius 1 is 1.41 bits per heavy atom. The fourth-order valence-electron chi connectivity index (χ4n) is 1.68. The van der Waals surface area contributed by atoms with Crippen molar-refractivity contribution in [3.8, 4) is 0 Å². The molecule has 1 aliphatic carbocycles. The first-order valence-electron chi connectivity index (χ1n) is 6.64. The summed E-state index contributed by atoms with van der Waals surface area (Å²) in [6.45, 7) is 10.6. The van der Waals surface area contributed by atoms with Crippen LogP contribution in [0.25, 0.3) is 0 Å². The van der Waals surface area contributed by atoms with Crippen molar-refractivity contribution < 1.29 is 9.53 Å². The third-order valence-electron chi connectivity index (χ3n) is 2.62. The second-order valence-corrected chi connectivity index (χ2v) is 5.61. The molecule has 0 aromatic carbocycles. The van der Waals surface area contributed by atoms with Gasteiger partial charge in [0.2, 0.25) is 0 Å². The fraction of sp³-hybridized carbons (Fsp3) is 0.923. The van der Waals surface area contributed by atoms with Gasteiger partial charge in [-0.1, -0.05) is 6.92 Å². The molecule has 0 bridgehead atoms. The lowest BCUT2D eigenvalue weighted by molar-refractivity contribution is 0.0232. The van der Waals surface area contributed by atoms with Crippen molar-refractivity contribution in [1.82, 2.24) is 10.2 Å². The predicted molar refractivity (Wildman–Crippen MR) is 69.1 cm³/mol. The number of carbonyl (C=O) groups excluding carboxylic acids is 1. The van der Waals surface area contributed by atoms with Crippen LogP contribution < -0.4 is 5.32 Å². The van der Waals surface area contributed by atoms with E-state index in [2.05, 4.69) is 12.2 Å². The topological polar surface area (TPSA) is 41.6 Å². The van der Waals surface area contributed by atoms with Gasteiger partial charge in [-0.05, 0) is 53.1 Å². The van der Waals surface area contributed by atoms with Gasteiger partial charge in [0.25, 0.3) is 0 Å². The third kappa shape index (κ3) is 5.91. The van der Waals surface area contributed by atoms with Crippen LogP contribution in [-0.4, -0.2) is 42.3 Å². The molecule has 1 saturated carbocycles. The highest BCUT2D eigenvalue weighted by molar-refractivity contribution is 5.69. The summed E-state index contributed by atoms with van der Waals surface area (Å²) in [5.74, 6) is 0. The highest BCUT2D eigenvalue weighted by atomic mass is 16.6. The lowest BCUT2D eigenvalue weighted by atomic mass is 10.2. The Morgan fingerprint density at radius 2 is 2.06 bits per heavy atom. The molecule has 0 heterocycles. The molecule has 1 N–H and O–H groups in total. The molecule has 1 aliphatic rings. The normalized spacial score (nSPS) is 15.8. The van der Waals surface area contributed by atoms with E-state index >= 15 is 0 Å². The highest BCUT2D eigenvalue weighted by Gasteiger charge is 2.34. The molecule has 0 radical (unpaired) electrons. The van der Waals surface area contributed by atoms with Crippen LogP contribution in [0, 0.1) is 0 Å². The monoisotopic (exact) mass is 242 g/mol. The van der Waals surface area contributed by atoms with E-state index in [-0.39, 0.29) is 6.09 Å². The maximum absolute atomic E-state index is 12.0. The summed E-state index contributed by atoms with van der Waals surface area (Å²) in [6, 6.07) is 0.423. The molecule has 0 aliphatic heterocycles. The summed E-state index contributed by atoms with van der Waals surface area (Å²) in [7, 11) is 0. The second-order valence-electron chi connectivity index (χ2n) is 5.61. The minimum absolute atomic E-state index is 0.156. The van der Waals surface area contributed by atoms with Gasteiger partial charge in [0.05, 0.1) is 0 Å². The van der Waals surface area contributed by atoms with Crippen LogP contribution in [0.5, 0.6) is 0 Å². The van der Waals surface area contributed by atoms with E-state index in [0.717, 1.165) is 38.9 Å².